The molecule has 0 N–H and O–H groups in total. The molecular formula is C15H32NO2+. The van der Waals surface area contributed by atoms with Crippen LogP contribution in [0.2, 0.25) is 0 Å². The summed E-state index contributed by atoms with van der Waals surface area (Å²) in [6.07, 6.45) is 1.81. The van der Waals surface area contributed by atoms with Crippen LogP contribution in [-0.2, 0) is 9.53 Å². The van der Waals surface area contributed by atoms with E-state index in [4.69, 9.17) is 4.74 Å². The van der Waals surface area contributed by atoms with Crippen LogP contribution in [0.15, 0.2) is 0 Å². The Labute approximate surface area is 113 Å². The highest BCUT2D eigenvalue weighted by Crippen LogP contribution is 2.24. The van der Waals surface area contributed by atoms with Crippen molar-refractivity contribution in [1.29, 1.82) is 0 Å². The van der Waals surface area contributed by atoms with E-state index < -0.39 is 0 Å². The number of carbonyl (C=O) groups excluding carboxylic acids is 1. The van der Waals surface area contributed by atoms with Crippen molar-refractivity contribution < 1.29 is 14.0 Å². The Morgan fingerprint density at radius 3 is 1.94 bits per heavy atom. The van der Waals surface area contributed by atoms with Crippen molar-refractivity contribution in [3.05, 3.63) is 0 Å². The number of ketones is 1. The van der Waals surface area contributed by atoms with Gasteiger partial charge in [-0.15, -0.1) is 0 Å². The minimum Gasteiger partial charge on any atom is -0.375 e. The summed E-state index contributed by atoms with van der Waals surface area (Å²) in [6, 6.07) is 0. The molecule has 0 aliphatic heterocycles. The van der Waals surface area contributed by atoms with Gasteiger partial charge in [-0.1, -0.05) is 13.8 Å². The molecule has 3 heteroatoms. The Balaban J connectivity index is 4.09. The second-order valence-corrected chi connectivity index (χ2v) is 7.56. The fraction of sp³-hybridized carbons (Fsp3) is 0.933. The smallest absolute Gasteiger partial charge is 0.135 e. The lowest BCUT2D eigenvalue weighted by Crippen LogP contribution is -2.40. The number of carbonyl (C=O) groups is 1. The van der Waals surface area contributed by atoms with E-state index in [0.29, 0.717) is 6.61 Å². The number of nitrogens with zero attached hydrogens (tertiary/aromatic N) is 1. The van der Waals surface area contributed by atoms with Gasteiger partial charge in [0.05, 0.1) is 33.3 Å². The summed E-state index contributed by atoms with van der Waals surface area (Å²) in [5, 5.41) is 0. The van der Waals surface area contributed by atoms with Crippen LogP contribution in [0.3, 0.4) is 0 Å². The minimum absolute atomic E-state index is 0.113. The molecule has 3 nitrogen and oxygen atoms in total. The lowest BCUT2D eigenvalue weighted by molar-refractivity contribution is -0.871. The molecule has 0 aliphatic carbocycles. The number of rotatable bonds is 8. The van der Waals surface area contributed by atoms with Gasteiger partial charge in [-0.25, -0.2) is 0 Å². The predicted octanol–water partition coefficient (Wildman–Crippen LogP) is 2.88. The summed E-state index contributed by atoms with van der Waals surface area (Å²) in [7, 11) is 6.57. The minimum atomic E-state index is -0.268. The van der Waals surface area contributed by atoms with E-state index in [0.717, 1.165) is 23.9 Å². The van der Waals surface area contributed by atoms with E-state index >= 15 is 0 Å². The highest BCUT2D eigenvalue weighted by Gasteiger charge is 2.26. The largest absolute Gasteiger partial charge is 0.375 e. The molecule has 18 heavy (non-hydrogen) atoms. The molecule has 0 aliphatic rings. The lowest BCUT2D eigenvalue weighted by Gasteiger charge is -2.32. The molecule has 0 spiro atoms. The molecule has 0 saturated carbocycles. The molecule has 0 fully saturated rings. The Hall–Kier alpha value is -0.410. The van der Waals surface area contributed by atoms with E-state index in [1.165, 1.54) is 0 Å². The summed E-state index contributed by atoms with van der Waals surface area (Å²) in [5.41, 5.74) is -0.380. The molecule has 0 bridgehead atoms. The van der Waals surface area contributed by atoms with Crippen molar-refractivity contribution in [2.24, 2.45) is 5.41 Å². The molecule has 0 saturated heterocycles. The summed E-state index contributed by atoms with van der Waals surface area (Å²) in [4.78, 5) is 11.4. The predicted molar refractivity (Wildman–Crippen MR) is 76.6 cm³/mol. The molecule has 0 aromatic carbocycles. The number of quaternary nitrogens is 1. The molecule has 108 valence electrons. The van der Waals surface area contributed by atoms with Crippen LogP contribution in [0.5, 0.6) is 0 Å². The van der Waals surface area contributed by atoms with Gasteiger partial charge in [-0.2, -0.15) is 0 Å². The molecule has 0 rings (SSSR count). The van der Waals surface area contributed by atoms with E-state index in [2.05, 4.69) is 35.0 Å². The summed E-state index contributed by atoms with van der Waals surface area (Å²) in [6.45, 7) is 11.6. The molecule has 0 atom stereocenters. The third-order valence-electron chi connectivity index (χ3n) is 3.56. The maximum Gasteiger partial charge on any atom is 0.135 e. The molecule has 0 radical (unpaired) electrons. The highest BCUT2D eigenvalue weighted by atomic mass is 16.5. The highest BCUT2D eigenvalue weighted by molar-refractivity contribution is 5.81. The van der Waals surface area contributed by atoms with Gasteiger partial charge >= 0.3 is 0 Å². The average molecular weight is 258 g/mol. The van der Waals surface area contributed by atoms with Gasteiger partial charge < -0.3 is 9.22 Å². The number of ether oxygens (including phenoxy) is 1. The van der Waals surface area contributed by atoms with Crippen molar-refractivity contribution in [2.45, 2.75) is 53.1 Å². The van der Waals surface area contributed by atoms with Gasteiger partial charge in [-0.05, 0) is 27.2 Å². The van der Waals surface area contributed by atoms with Crippen LogP contribution < -0.4 is 0 Å². The topological polar surface area (TPSA) is 26.3 Å². The van der Waals surface area contributed by atoms with Crippen molar-refractivity contribution in [2.75, 3.05) is 34.3 Å². The fourth-order valence-electron chi connectivity index (χ4n) is 1.44. The Kier molecular flexibility index (Phi) is 6.02. The summed E-state index contributed by atoms with van der Waals surface area (Å²) >= 11 is 0. The molecular weight excluding hydrogens is 226 g/mol. The van der Waals surface area contributed by atoms with Gasteiger partial charge in [0.2, 0.25) is 0 Å². The molecule has 0 aromatic rings. The fourth-order valence-corrected chi connectivity index (χ4v) is 1.44. The second kappa shape index (κ2) is 6.16. The van der Waals surface area contributed by atoms with E-state index in [1.54, 1.807) is 6.92 Å². The van der Waals surface area contributed by atoms with Crippen molar-refractivity contribution in [3.63, 3.8) is 0 Å². The maximum absolute atomic E-state index is 11.4. The van der Waals surface area contributed by atoms with E-state index in [1.807, 2.05) is 13.8 Å². The van der Waals surface area contributed by atoms with Crippen LogP contribution in [-0.4, -0.2) is 50.2 Å². The Bertz CT molecular complexity index is 275. The van der Waals surface area contributed by atoms with Crippen molar-refractivity contribution >= 4 is 5.78 Å². The molecule has 0 aromatic heterocycles. The molecule has 0 amide bonds. The summed E-state index contributed by atoms with van der Waals surface area (Å²) < 4.78 is 6.90. The van der Waals surface area contributed by atoms with Crippen LogP contribution >= 0.6 is 0 Å². The van der Waals surface area contributed by atoms with Gasteiger partial charge in [0.1, 0.15) is 5.78 Å². The zero-order valence-corrected chi connectivity index (χ0v) is 13.6. The number of Topliss-reactive ketones (excluding diaryl/α,β-unsaturated/α-hetero) is 1. The first-order valence-corrected chi connectivity index (χ1v) is 6.81. The Morgan fingerprint density at radius 1 is 1.06 bits per heavy atom. The van der Waals surface area contributed by atoms with Crippen LogP contribution in [0.1, 0.15) is 47.5 Å². The molecule has 0 heterocycles. The van der Waals surface area contributed by atoms with Crippen molar-refractivity contribution in [3.8, 4) is 0 Å². The summed E-state index contributed by atoms with van der Waals surface area (Å²) in [5.74, 6) is 0.232. The zero-order valence-electron chi connectivity index (χ0n) is 13.6. The monoisotopic (exact) mass is 258 g/mol. The first kappa shape index (κ1) is 17.6. The van der Waals surface area contributed by atoms with Crippen molar-refractivity contribution in [1.82, 2.24) is 0 Å². The Morgan fingerprint density at radius 2 is 1.56 bits per heavy atom. The van der Waals surface area contributed by atoms with Crippen LogP contribution in [0, 0.1) is 5.41 Å². The molecule has 0 unspecified atom stereocenters. The quantitative estimate of drug-likeness (QED) is 0.626. The number of hydrogen-bond donors (Lipinski definition) is 0. The van der Waals surface area contributed by atoms with Gasteiger partial charge in [0.15, 0.2) is 0 Å². The standard InChI is InChI=1S/C15H32NO2/c1-13(17)14(2,3)10-12-18-15(4,5)9-11-16(6,7)8/h9-12H2,1-8H3/q+1. The third-order valence-corrected chi connectivity index (χ3v) is 3.56. The van der Waals surface area contributed by atoms with Crippen LogP contribution in [0.25, 0.3) is 0 Å². The van der Waals surface area contributed by atoms with E-state index in [9.17, 15) is 4.79 Å². The first-order chi connectivity index (χ1) is 7.86. The van der Waals surface area contributed by atoms with Gasteiger partial charge in [-0.3, -0.25) is 4.79 Å². The van der Waals surface area contributed by atoms with Crippen LogP contribution in [0.4, 0.5) is 0 Å². The number of hydrogen-bond acceptors (Lipinski definition) is 2. The maximum atomic E-state index is 11.4. The van der Waals surface area contributed by atoms with Gasteiger partial charge in [0.25, 0.3) is 0 Å². The second-order valence-electron chi connectivity index (χ2n) is 7.56. The third kappa shape index (κ3) is 7.83. The normalized spacial score (nSPS) is 13.8. The van der Waals surface area contributed by atoms with E-state index in [-0.39, 0.29) is 16.8 Å². The van der Waals surface area contributed by atoms with Gasteiger partial charge in [0, 0.05) is 18.4 Å². The SMILES string of the molecule is CC(=O)C(C)(C)CCOC(C)(C)CC[N+](C)(C)C. The first-order valence-electron chi connectivity index (χ1n) is 6.81. The average Bonchev–Trinajstić information content (AvgIpc) is 2.13. The zero-order chi connectivity index (χ0) is 14.6. The lowest BCUT2D eigenvalue weighted by atomic mass is 9.86.